The normalized spacial score (nSPS) is 20.7. The zero-order valence-electron chi connectivity index (χ0n) is 9.90. The summed E-state index contributed by atoms with van der Waals surface area (Å²) >= 11 is 3.46. The molecule has 0 spiro atoms. The quantitative estimate of drug-likeness (QED) is 0.764. The van der Waals surface area contributed by atoms with Crippen LogP contribution in [-0.2, 0) is 6.42 Å². The monoisotopic (exact) mass is 285 g/mol. The first kappa shape index (κ1) is 12.1. The summed E-state index contributed by atoms with van der Waals surface area (Å²) in [6, 6.07) is 3.45. The molecule has 0 fully saturated rings. The number of rotatable bonds is 0. The zero-order chi connectivity index (χ0) is 11.9. The van der Waals surface area contributed by atoms with Crippen molar-refractivity contribution in [3.63, 3.8) is 0 Å². The summed E-state index contributed by atoms with van der Waals surface area (Å²) in [6.07, 6.45) is 0.961. The molecule has 0 bridgehead atoms. The number of fused-ring (bicyclic) bond motifs is 1. The minimum atomic E-state index is -0.163. The highest BCUT2D eigenvalue weighted by molar-refractivity contribution is 9.10. The number of hydrogen-bond acceptors (Lipinski definition) is 1. The van der Waals surface area contributed by atoms with Crippen LogP contribution in [0, 0.1) is 11.2 Å². The van der Waals surface area contributed by atoms with Gasteiger partial charge in [-0.3, -0.25) is 0 Å². The van der Waals surface area contributed by atoms with Gasteiger partial charge < -0.3 is 5.32 Å². The van der Waals surface area contributed by atoms with E-state index >= 15 is 0 Å². The van der Waals surface area contributed by atoms with Crippen LogP contribution in [0.2, 0.25) is 0 Å². The van der Waals surface area contributed by atoms with Gasteiger partial charge in [0.15, 0.2) is 0 Å². The summed E-state index contributed by atoms with van der Waals surface area (Å²) in [5, 5.41) is 3.48. The van der Waals surface area contributed by atoms with Gasteiger partial charge in [0, 0.05) is 10.5 Å². The fraction of sp³-hybridized carbons (Fsp3) is 0.538. The number of benzene rings is 1. The maximum atomic E-state index is 13.5. The predicted molar refractivity (Wildman–Crippen MR) is 68.0 cm³/mol. The average Bonchev–Trinajstić information content (AvgIpc) is 2.15. The minimum absolute atomic E-state index is 0.0996. The topological polar surface area (TPSA) is 12.0 Å². The summed E-state index contributed by atoms with van der Waals surface area (Å²) in [5.74, 6) is -0.163. The van der Waals surface area contributed by atoms with Crippen molar-refractivity contribution in [2.24, 2.45) is 5.41 Å². The first-order valence-corrected chi connectivity index (χ1v) is 6.40. The molecule has 0 saturated heterocycles. The van der Waals surface area contributed by atoms with Crippen molar-refractivity contribution in [2.75, 3.05) is 6.54 Å². The summed E-state index contributed by atoms with van der Waals surface area (Å²) < 4.78 is 14.4. The Morgan fingerprint density at radius 1 is 1.38 bits per heavy atom. The molecule has 1 nitrogen and oxygen atoms in total. The highest BCUT2D eigenvalue weighted by atomic mass is 79.9. The second-order valence-electron chi connectivity index (χ2n) is 5.46. The van der Waals surface area contributed by atoms with E-state index < -0.39 is 0 Å². The molecular formula is C13H17BrFN. The standard InChI is InChI=1S/C13H17BrFN/c1-13(2,3)12-10-6-8(15)7-11(14)9(10)4-5-16-12/h6-7,12,16H,4-5H2,1-3H3. The van der Waals surface area contributed by atoms with Gasteiger partial charge in [-0.2, -0.15) is 0 Å². The van der Waals surface area contributed by atoms with E-state index in [1.54, 1.807) is 12.1 Å². The third kappa shape index (κ3) is 2.16. The van der Waals surface area contributed by atoms with Crippen LogP contribution < -0.4 is 5.32 Å². The Labute approximate surface area is 105 Å². The van der Waals surface area contributed by atoms with Gasteiger partial charge in [0.1, 0.15) is 5.82 Å². The molecule has 1 atom stereocenters. The molecule has 1 heterocycles. The predicted octanol–water partition coefficient (Wildman–Crippen LogP) is 3.82. The van der Waals surface area contributed by atoms with Crippen LogP contribution >= 0.6 is 15.9 Å². The summed E-state index contributed by atoms with van der Waals surface area (Å²) in [5.41, 5.74) is 2.45. The lowest BCUT2D eigenvalue weighted by molar-refractivity contribution is 0.262. The van der Waals surface area contributed by atoms with Crippen molar-refractivity contribution in [1.29, 1.82) is 0 Å². The Balaban J connectivity index is 2.54. The molecule has 0 aromatic heterocycles. The third-order valence-electron chi connectivity index (χ3n) is 3.10. The Hall–Kier alpha value is -0.410. The zero-order valence-corrected chi connectivity index (χ0v) is 11.5. The molecule has 2 rings (SSSR count). The number of nitrogens with one attached hydrogen (secondary N) is 1. The second kappa shape index (κ2) is 4.11. The van der Waals surface area contributed by atoms with Crippen molar-refractivity contribution in [3.8, 4) is 0 Å². The Morgan fingerprint density at radius 2 is 2.06 bits per heavy atom. The van der Waals surface area contributed by atoms with E-state index in [9.17, 15) is 4.39 Å². The largest absolute Gasteiger partial charge is 0.309 e. The molecule has 0 amide bonds. The molecule has 0 aliphatic carbocycles. The van der Waals surface area contributed by atoms with Crippen molar-refractivity contribution < 1.29 is 4.39 Å². The van der Waals surface area contributed by atoms with Crippen LogP contribution in [0.5, 0.6) is 0 Å². The molecule has 1 unspecified atom stereocenters. The Kier molecular flexibility index (Phi) is 3.10. The molecule has 1 aliphatic rings. The summed E-state index contributed by atoms with van der Waals surface area (Å²) in [4.78, 5) is 0. The third-order valence-corrected chi connectivity index (χ3v) is 3.80. The van der Waals surface area contributed by atoms with E-state index in [4.69, 9.17) is 0 Å². The maximum Gasteiger partial charge on any atom is 0.124 e. The van der Waals surface area contributed by atoms with Gasteiger partial charge in [-0.25, -0.2) is 4.39 Å². The molecule has 88 valence electrons. The van der Waals surface area contributed by atoms with Crippen LogP contribution in [-0.4, -0.2) is 6.54 Å². The molecular weight excluding hydrogens is 269 g/mol. The highest BCUT2D eigenvalue weighted by Crippen LogP contribution is 2.39. The molecule has 16 heavy (non-hydrogen) atoms. The first-order valence-electron chi connectivity index (χ1n) is 5.61. The van der Waals surface area contributed by atoms with E-state index in [1.165, 1.54) is 5.56 Å². The van der Waals surface area contributed by atoms with Gasteiger partial charge in [-0.05, 0) is 41.6 Å². The molecule has 1 aliphatic heterocycles. The van der Waals surface area contributed by atoms with Gasteiger partial charge in [0.2, 0.25) is 0 Å². The van der Waals surface area contributed by atoms with Crippen LogP contribution in [0.3, 0.4) is 0 Å². The number of hydrogen-bond donors (Lipinski definition) is 1. The molecule has 1 N–H and O–H groups in total. The fourth-order valence-corrected chi connectivity index (χ4v) is 3.01. The highest BCUT2D eigenvalue weighted by Gasteiger charge is 2.31. The minimum Gasteiger partial charge on any atom is -0.309 e. The average molecular weight is 286 g/mol. The molecule has 0 radical (unpaired) electrons. The lowest BCUT2D eigenvalue weighted by Crippen LogP contribution is -2.38. The lowest BCUT2D eigenvalue weighted by Gasteiger charge is -2.37. The van der Waals surface area contributed by atoms with E-state index in [-0.39, 0.29) is 17.3 Å². The first-order chi connectivity index (χ1) is 7.39. The molecule has 0 saturated carbocycles. The van der Waals surface area contributed by atoms with E-state index in [1.807, 2.05) is 0 Å². The van der Waals surface area contributed by atoms with Crippen molar-refractivity contribution in [3.05, 3.63) is 33.5 Å². The Morgan fingerprint density at radius 3 is 2.69 bits per heavy atom. The molecule has 1 aromatic rings. The van der Waals surface area contributed by atoms with Gasteiger partial charge in [0.25, 0.3) is 0 Å². The van der Waals surface area contributed by atoms with Crippen LogP contribution in [0.4, 0.5) is 4.39 Å². The van der Waals surface area contributed by atoms with E-state index in [0.29, 0.717) is 0 Å². The second-order valence-corrected chi connectivity index (χ2v) is 6.31. The van der Waals surface area contributed by atoms with Crippen LogP contribution in [0.1, 0.15) is 37.9 Å². The van der Waals surface area contributed by atoms with E-state index in [0.717, 1.165) is 23.0 Å². The van der Waals surface area contributed by atoms with Gasteiger partial charge in [-0.1, -0.05) is 36.7 Å². The van der Waals surface area contributed by atoms with Crippen LogP contribution in [0.15, 0.2) is 16.6 Å². The summed E-state index contributed by atoms with van der Waals surface area (Å²) in [7, 11) is 0. The van der Waals surface area contributed by atoms with Crippen molar-refractivity contribution in [2.45, 2.75) is 33.2 Å². The van der Waals surface area contributed by atoms with Gasteiger partial charge >= 0.3 is 0 Å². The SMILES string of the molecule is CC(C)(C)C1NCCc2c(Br)cc(F)cc21. The van der Waals surface area contributed by atoms with Gasteiger partial charge in [-0.15, -0.1) is 0 Å². The van der Waals surface area contributed by atoms with E-state index in [2.05, 4.69) is 42.0 Å². The smallest absolute Gasteiger partial charge is 0.124 e. The van der Waals surface area contributed by atoms with Crippen molar-refractivity contribution >= 4 is 15.9 Å². The summed E-state index contributed by atoms with van der Waals surface area (Å²) in [6.45, 7) is 7.49. The Bertz CT molecular complexity index is 409. The van der Waals surface area contributed by atoms with Crippen LogP contribution in [0.25, 0.3) is 0 Å². The number of halogens is 2. The maximum absolute atomic E-state index is 13.5. The fourth-order valence-electron chi connectivity index (χ4n) is 2.37. The molecule has 3 heteroatoms. The van der Waals surface area contributed by atoms with Gasteiger partial charge in [0.05, 0.1) is 0 Å². The molecule has 1 aromatic carbocycles. The van der Waals surface area contributed by atoms with Crippen molar-refractivity contribution in [1.82, 2.24) is 5.32 Å². The lowest BCUT2D eigenvalue weighted by atomic mass is 9.78.